The van der Waals surface area contributed by atoms with Crippen LogP contribution in [-0.2, 0) is 55.8 Å². The molecule has 12 heterocycles. The smallest absolute Gasteiger partial charge is 0.442 e. The molecular weight excluding hydrogens is 1850 g/mol. The van der Waals surface area contributed by atoms with E-state index in [1.807, 2.05) is 34.6 Å². The summed E-state index contributed by atoms with van der Waals surface area (Å²) in [5.74, 6) is -7.48. The Kier molecular flexibility index (Phi) is 34.6. The van der Waals surface area contributed by atoms with Gasteiger partial charge in [0.15, 0.2) is 37.1 Å². The maximum Gasteiger partial charge on any atom is 0.471 e. The molecule has 2 atom stereocenters. The number of nitrogens with zero attached hydrogens (tertiary/aromatic N) is 18. The van der Waals surface area contributed by atoms with Gasteiger partial charge in [-0.15, -0.1) is 58.8 Å². The molecule has 132 heavy (non-hydrogen) atoms. The van der Waals surface area contributed by atoms with Gasteiger partial charge in [-0.05, 0) is 160 Å². The van der Waals surface area contributed by atoms with E-state index in [9.17, 15) is 54.9 Å². The number of phosphoric ester groups is 1. The number of ether oxygens (including phenoxy) is 5. The predicted octanol–water partition coefficient (Wildman–Crippen LogP) is 16.6. The quantitative estimate of drug-likeness (QED) is 0.0102. The van der Waals surface area contributed by atoms with Crippen LogP contribution in [0.15, 0.2) is 108 Å². The van der Waals surface area contributed by atoms with E-state index in [1.54, 1.807) is 62.0 Å². The van der Waals surface area contributed by atoms with E-state index >= 15 is 0 Å². The number of thiazole rings is 3. The summed E-state index contributed by atoms with van der Waals surface area (Å²) in [5, 5.41) is 40.5. The van der Waals surface area contributed by atoms with Crippen LogP contribution in [0, 0.1) is 47.1 Å². The molecule has 4 aliphatic rings. The van der Waals surface area contributed by atoms with Gasteiger partial charge in [-0.1, -0.05) is 26.7 Å². The summed E-state index contributed by atoms with van der Waals surface area (Å²) in [4.78, 5) is 107. The first-order valence-electron chi connectivity index (χ1n) is 42.3. The van der Waals surface area contributed by atoms with Crippen LogP contribution in [0.25, 0.3) is 65.9 Å². The highest BCUT2D eigenvalue weighted by atomic mass is 35.5. The van der Waals surface area contributed by atoms with Crippen LogP contribution in [0.5, 0.6) is 0 Å². The molecule has 7 N–H and O–H groups in total. The van der Waals surface area contributed by atoms with Crippen molar-refractivity contribution in [2.75, 3.05) is 35.8 Å². The zero-order valence-corrected chi connectivity index (χ0v) is 77.2. The lowest BCUT2D eigenvalue weighted by atomic mass is 9.93. The van der Waals surface area contributed by atoms with Crippen LogP contribution in [0.1, 0.15) is 200 Å². The van der Waals surface area contributed by atoms with E-state index in [2.05, 4.69) is 81.0 Å². The van der Waals surface area contributed by atoms with Crippen molar-refractivity contribution in [2.24, 2.45) is 17.6 Å². The van der Waals surface area contributed by atoms with Gasteiger partial charge in [0.05, 0.1) is 78.0 Å². The average Bonchev–Trinajstić information content (AvgIpc) is 1.65. The number of hydrogen-bond donors (Lipinski definition) is 6. The molecule has 0 aliphatic heterocycles. The first kappa shape index (κ1) is 100. The summed E-state index contributed by atoms with van der Waals surface area (Å²) in [6.07, 6.45) is 27.2. The molecule has 36 nitrogen and oxygen atoms in total. The highest BCUT2D eigenvalue weighted by Gasteiger charge is 2.34. The van der Waals surface area contributed by atoms with Gasteiger partial charge in [0.1, 0.15) is 72.3 Å². The summed E-state index contributed by atoms with van der Waals surface area (Å²) in [6, 6.07) is 4.91. The van der Waals surface area contributed by atoms with Crippen molar-refractivity contribution in [3.8, 4) is 65.9 Å². The molecule has 0 spiro atoms. The van der Waals surface area contributed by atoms with Gasteiger partial charge in [-0.3, -0.25) is 42.5 Å². The zero-order chi connectivity index (χ0) is 92.0. The Balaban J connectivity index is 0.000000177. The predicted molar refractivity (Wildman–Crippen MR) is 478 cm³/mol. The average molecular weight is 1950 g/mol. The zero-order valence-electron chi connectivity index (χ0n) is 72.2. The van der Waals surface area contributed by atoms with Crippen molar-refractivity contribution in [1.29, 1.82) is 0 Å². The van der Waals surface area contributed by atoms with Gasteiger partial charge in [0.2, 0.25) is 17.8 Å². The van der Waals surface area contributed by atoms with Crippen molar-refractivity contribution in [1.82, 2.24) is 88.6 Å². The molecule has 4 aliphatic carbocycles. The van der Waals surface area contributed by atoms with Gasteiger partial charge in [0, 0.05) is 89.8 Å². The molecule has 0 bridgehead atoms. The Morgan fingerprint density at radius 2 is 0.811 bits per heavy atom. The van der Waals surface area contributed by atoms with E-state index in [0.29, 0.717) is 51.5 Å². The van der Waals surface area contributed by atoms with Crippen molar-refractivity contribution in [3.63, 3.8) is 0 Å². The fraction of sp³-hybridized carbons (Fsp3) is 0.440. The van der Waals surface area contributed by atoms with Gasteiger partial charge in [0.25, 0.3) is 17.7 Å². The second kappa shape index (κ2) is 45.7. The molecule has 0 aromatic carbocycles. The number of pyridine rings is 3. The fourth-order valence-electron chi connectivity index (χ4n) is 15.4. The molecule has 16 rings (SSSR count). The van der Waals surface area contributed by atoms with Crippen molar-refractivity contribution in [3.05, 3.63) is 161 Å². The summed E-state index contributed by atoms with van der Waals surface area (Å²) in [6.45, 7) is 12.7. The number of carbonyl (C=O) groups is 5. The Morgan fingerprint density at radius 1 is 0.470 bits per heavy atom. The maximum atomic E-state index is 14.8. The number of carbonyl (C=O) groups excluding carboxylic acids is 5. The lowest BCUT2D eigenvalue weighted by molar-refractivity contribution is -0.153. The third kappa shape index (κ3) is 25.5. The van der Waals surface area contributed by atoms with E-state index in [-0.39, 0.29) is 161 Å². The Hall–Kier alpha value is -10.9. The number of halogens is 8. The van der Waals surface area contributed by atoms with E-state index < -0.39 is 79.1 Å². The standard InChI is InChI=1S/C30H33F2N7O4S.C29H34F2N8O4S.C25H28F2N7O6PS.2ClH/c1-2-42-21-9-7-20(8-10-21)39-15-23(27(37-39)26-22(31)11-12-25(32)36-26)34-28(40)24-16-44-29(35-24)19-13-33-38(14-19)17-43-30(41)18-5-3-4-6-18;1-4-42-19-7-5-18(6-8-19)39-13-21(26(37-39)25-20(30)9-10-23(31)36-25)34-27(40)22-14-44-28(35-22)17-11-33-38(12-17)15-43-29(41)24(32)16(2)3;1-3-39-17-6-4-16(5-7-17)34-12-19(23(32-34)22-18(26)8-9-21(27)31-22)29-24(35)20-13-42-25(30-20)15-10-28-33(11-15)14(2)40-41(36,37)38;;/h11-16,18,20-21H,2-10,17H2,1H3,(H,34,40);9-14,16,18-19,24H,4-8,15,32H2,1-3H3,(H,34,40);8-14,16-17H,3-7H2,1-2H3,(H,29,35)(H2,36,37,38);2*1H/t;18?,19?,24-;;;/m.0.../s1. The second-order valence-corrected chi connectivity index (χ2v) is 35.3. The van der Waals surface area contributed by atoms with Gasteiger partial charge < -0.3 is 55.2 Å². The summed E-state index contributed by atoms with van der Waals surface area (Å²) in [7, 11) is -4.73. The maximum absolute atomic E-state index is 14.8. The van der Waals surface area contributed by atoms with Gasteiger partial charge >= 0.3 is 19.8 Å². The molecule has 1 unspecified atom stereocenters. The van der Waals surface area contributed by atoms with E-state index in [0.717, 1.165) is 150 Å². The Labute approximate surface area is 776 Å². The molecule has 12 aromatic heterocycles. The highest BCUT2D eigenvalue weighted by molar-refractivity contribution is 7.46. The first-order chi connectivity index (χ1) is 62.5. The van der Waals surface area contributed by atoms with Crippen molar-refractivity contribution < 1.29 is 92.9 Å². The number of esters is 2. The number of phosphoric acid groups is 1. The minimum Gasteiger partial charge on any atom is -0.442 e. The van der Waals surface area contributed by atoms with Crippen LogP contribution >= 0.6 is 66.6 Å². The topological polar surface area (TPSA) is 445 Å². The number of amides is 3. The SMILES string of the molecule is CCOC1CCC(n2cc(NC(=O)c3csc(-c4cnn(C(C)OP(=O)(O)O)c4)n3)c(-c3nc(F)ccc3F)n2)CC1.CCOC1CCC(n2cc(NC(=O)c3csc(-c4cnn(COC(=O)C5CCCC5)c4)n3)c(-c3nc(F)ccc3F)n2)CC1.CCOC1CCC(n2cc(NC(=O)c3csc(-c4cnn(COC(=O)[C@@H](N)C(C)C)c4)n3)c(-c3nc(F)ccc3F)n2)CC1.Cl.Cl. The number of rotatable bonds is 31. The second-order valence-electron chi connectivity index (χ2n) is 31.5. The lowest BCUT2D eigenvalue weighted by Crippen LogP contribution is -2.37. The Morgan fingerprint density at radius 3 is 1.15 bits per heavy atom. The number of nitrogens with two attached hydrogens (primary N) is 1. The normalized spacial score (nSPS) is 17.9. The first-order valence-corrected chi connectivity index (χ1v) is 46.5. The molecule has 0 radical (unpaired) electrons. The summed E-state index contributed by atoms with van der Waals surface area (Å²) < 4.78 is 139. The van der Waals surface area contributed by atoms with Crippen molar-refractivity contribution in [2.45, 2.75) is 206 Å². The van der Waals surface area contributed by atoms with Crippen LogP contribution in [-0.4, -0.2) is 172 Å². The third-order valence-corrected chi connectivity index (χ3v) is 25.4. The summed E-state index contributed by atoms with van der Waals surface area (Å²) in [5.41, 5.74) is 7.52. The minimum atomic E-state index is -4.73. The lowest BCUT2D eigenvalue weighted by Gasteiger charge is -2.28. The number of aromatic nitrogens is 18. The van der Waals surface area contributed by atoms with Crippen LogP contribution < -0.4 is 21.7 Å². The molecule has 3 amide bonds. The summed E-state index contributed by atoms with van der Waals surface area (Å²) >= 11 is 3.61. The molecule has 48 heteroatoms. The largest absolute Gasteiger partial charge is 0.471 e. The molecule has 4 saturated carbocycles. The van der Waals surface area contributed by atoms with Crippen LogP contribution in [0.2, 0.25) is 0 Å². The number of nitrogens with one attached hydrogen (secondary N) is 3. The molecule has 0 saturated heterocycles. The van der Waals surface area contributed by atoms with Gasteiger partial charge in [-0.25, -0.2) is 61.7 Å². The van der Waals surface area contributed by atoms with E-state index in [4.69, 9.17) is 39.2 Å². The molecule has 4 fully saturated rings. The van der Waals surface area contributed by atoms with Crippen LogP contribution in [0.4, 0.5) is 43.4 Å². The number of anilines is 3. The van der Waals surface area contributed by atoms with Crippen molar-refractivity contribution >= 4 is 113 Å². The van der Waals surface area contributed by atoms with E-state index in [1.165, 1.54) is 67.6 Å². The monoisotopic (exact) mass is 1950 g/mol. The molecule has 706 valence electrons. The number of hydrogen-bond acceptors (Lipinski definition) is 28. The molecule has 12 aromatic rings. The highest BCUT2D eigenvalue weighted by Crippen LogP contribution is 2.43. The third-order valence-electron chi connectivity index (χ3n) is 22.1. The minimum absolute atomic E-state index is 0. The van der Waals surface area contributed by atoms with Crippen LogP contribution in [0.3, 0.4) is 0 Å². The fourth-order valence-corrected chi connectivity index (χ4v) is 18.2. The Bertz CT molecular complexity index is 5770. The molecular formula is C84H97Cl2F6N22O14PS3. The van der Waals surface area contributed by atoms with Gasteiger partial charge in [-0.2, -0.15) is 43.8 Å².